The highest BCUT2D eigenvalue weighted by molar-refractivity contribution is 5.67. The van der Waals surface area contributed by atoms with Crippen molar-refractivity contribution in [2.24, 2.45) is 0 Å². The minimum atomic E-state index is -0.232. The first-order valence-corrected chi connectivity index (χ1v) is 10.1. The zero-order valence-electron chi connectivity index (χ0n) is 17.1. The molecule has 3 rings (SSSR count). The lowest BCUT2D eigenvalue weighted by Gasteiger charge is -2.31. The summed E-state index contributed by atoms with van der Waals surface area (Å²) >= 11 is 0. The molecule has 8 heteroatoms. The zero-order valence-corrected chi connectivity index (χ0v) is 17.1. The topological polar surface area (TPSA) is 88.6 Å². The normalized spacial score (nSPS) is 14.3. The Balaban J connectivity index is 1.45. The van der Waals surface area contributed by atoms with Gasteiger partial charge in [-0.2, -0.15) is 4.98 Å². The van der Waals surface area contributed by atoms with Crippen molar-refractivity contribution < 1.29 is 14.3 Å². The Morgan fingerprint density at radius 2 is 2.10 bits per heavy atom. The summed E-state index contributed by atoms with van der Waals surface area (Å²) in [5.74, 6) is 2.25. The molecule has 2 aromatic rings. The smallest absolute Gasteiger partial charge is 0.409 e. The lowest BCUT2D eigenvalue weighted by Crippen LogP contribution is -2.42. The Morgan fingerprint density at radius 1 is 1.28 bits per heavy atom. The van der Waals surface area contributed by atoms with E-state index in [-0.39, 0.29) is 12.1 Å². The second-order valence-corrected chi connectivity index (χ2v) is 6.90. The molecule has 8 nitrogen and oxygen atoms in total. The molecule has 0 bridgehead atoms. The van der Waals surface area contributed by atoms with E-state index >= 15 is 0 Å². The number of likely N-dealkylation sites (tertiary alicyclic amines) is 1. The molecule has 29 heavy (non-hydrogen) atoms. The molecule has 0 radical (unpaired) electrons. The van der Waals surface area contributed by atoms with Crippen LogP contribution in [0.3, 0.4) is 0 Å². The van der Waals surface area contributed by atoms with Crippen molar-refractivity contribution in [2.75, 3.05) is 44.0 Å². The molecule has 2 heterocycles. The van der Waals surface area contributed by atoms with Crippen molar-refractivity contribution in [1.82, 2.24) is 14.9 Å². The van der Waals surface area contributed by atoms with Crippen molar-refractivity contribution in [3.8, 4) is 5.75 Å². The number of piperidine rings is 1. The van der Waals surface area contributed by atoms with Crippen LogP contribution in [0.5, 0.6) is 5.75 Å². The third kappa shape index (κ3) is 6.23. The Bertz CT molecular complexity index is 793. The maximum atomic E-state index is 11.8. The second kappa shape index (κ2) is 10.5. The fraction of sp³-hybridized carbons (Fsp3) is 0.476. The number of hydrogen-bond donors (Lipinski definition) is 2. The summed E-state index contributed by atoms with van der Waals surface area (Å²) in [4.78, 5) is 22.4. The number of anilines is 2. The van der Waals surface area contributed by atoms with Crippen LogP contribution in [-0.2, 0) is 11.2 Å². The molecule has 0 atom stereocenters. The summed E-state index contributed by atoms with van der Waals surface area (Å²) in [6.45, 7) is 4.34. The minimum Gasteiger partial charge on any atom is -0.497 e. The summed E-state index contributed by atoms with van der Waals surface area (Å²) in [7, 11) is 1.67. The molecule has 2 N–H and O–H groups in total. The van der Waals surface area contributed by atoms with Crippen LogP contribution in [0, 0.1) is 0 Å². The van der Waals surface area contributed by atoms with Crippen LogP contribution in [0.4, 0.5) is 16.6 Å². The molecule has 1 fully saturated rings. The molecule has 1 aromatic carbocycles. The van der Waals surface area contributed by atoms with Gasteiger partial charge in [0.15, 0.2) is 0 Å². The highest BCUT2D eigenvalue weighted by Crippen LogP contribution is 2.16. The number of nitrogens with one attached hydrogen (secondary N) is 2. The molecule has 1 aromatic heterocycles. The van der Waals surface area contributed by atoms with E-state index < -0.39 is 0 Å². The van der Waals surface area contributed by atoms with Gasteiger partial charge >= 0.3 is 6.09 Å². The maximum absolute atomic E-state index is 11.8. The molecule has 1 aliphatic heterocycles. The van der Waals surface area contributed by atoms with E-state index in [1.54, 1.807) is 18.2 Å². The third-order valence-electron chi connectivity index (χ3n) is 4.86. The van der Waals surface area contributed by atoms with Crippen molar-refractivity contribution in [3.63, 3.8) is 0 Å². The van der Waals surface area contributed by atoms with Gasteiger partial charge in [0.25, 0.3) is 0 Å². The molecule has 1 aliphatic rings. The molecule has 156 valence electrons. The summed E-state index contributed by atoms with van der Waals surface area (Å²) in [6.07, 6.45) is 4.07. The van der Waals surface area contributed by atoms with Crippen molar-refractivity contribution in [2.45, 2.75) is 32.2 Å². The number of methoxy groups -OCH3 is 1. The fourth-order valence-corrected chi connectivity index (χ4v) is 3.29. The number of carbonyl (C=O) groups excluding carboxylic acids is 1. The minimum absolute atomic E-state index is 0.232. The molecular weight excluding hydrogens is 370 g/mol. The Hall–Kier alpha value is -3.03. The molecular formula is C21H29N5O3. The van der Waals surface area contributed by atoms with E-state index in [1.165, 1.54) is 5.56 Å². The summed E-state index contributed by atoms with van der Waals surface area (Å²) in [5.41, 5.74) is 1.21. The van der Waals surface area contributed by atoms with Crippen LogP contribution in [0.1, 0.15) is 25.3 Å². The van der Waals surface area contributed by atoms with Gasteiger partial charge in [-0.05, 0) is 49.9 Å². The zero-order chi connectivity index (χ0) is 20.5. The average Bonchev–Trinajstić information content (AvgIpc) is 2.75. The largest absolute Gasteiger partial charge is 0.497 e. The fourth-order valence-electron chi connectivity index (χ4n) is 3.29. The van der Waals surface area contributed by atoms with Crippen molar-refractivity contribution in [3.05, 3.63) is 42.1 Å². The predicted octanol–water partition coefficient (Wildman–Crippen LogP) is 3.17. The van der Waals surface area contributed by atoms with Crippen LogP contribution in [0.15, 0.2) is 36.5 Å². The molecule has 1 saturated heterocycles. The van der Waals surface area contributed by atoms with Gasteiger partial charge in [0.1, 0.15) is 11.6 Å². The quantitative estimate of drug-likeness (QED) is 0.705. The molecule has 0 aliphatic carbocycles. The monoisotopic (exact) mass is 399 g/mol. The van der Waals surface area contributed by atoms with Crippen LogP contribution in [0.2, 0.25) is 0 Å². The molecule has 0 unspecified atom stereocenters. The first-order valence-electron chi connectivity index (χ1n) is 10.1. The van der Waals surface area contributed by atoms with Gasteiger partial charge in [0.2, 0.25) is 5.95 Å². The van der Waals surface area contributed by atoms with Gasteiger partial charge in [-0.25, -0.2) is 9.78 Å². The number of ether oxygens (including phenoxy) is 2. The van der Waals surface area contributed by atoms with Gasteiger partial charge in [0, 0.05) is 31.9 Å². The van der Waals surface area contributed by atoms with Crippen LogP contribution < -0.4 is 15.4 Å². The van der Waals surface area contributed by atoms with Crippen LogP contribution >= 0.6 is 0 Å². The summed E-state index contributed by atoms with van der Waals surface area (Å²) in [6, 6.07) is 10.2. The standard InChI is InChI=1S/C21H29N5O3/c1-3-29-21(27)26-13-9-17(10-14-26)24-20-23-12-8-19(25-20)22-11-7-16-5-4-6-18(15-16)28-2/h4-6,8,12,15,17H,3,7,9-11,13-14H2,1-2H3,(H2,22,23,24,25). The van der Waals surface area contributed by atoms with E-state index in [0.717, 1.165) is 37.4 Å². The number of rotatable bonds is 8. The van der Waals surface area contributed by atoms with Crippen molar-refractivity contribution in [1.29, 1.82) is 0 Å². The maximum Gasteiger partial charge on any atom is 0.409 e. The number of hydrogen-bond acceptors (Lipinski definition) is 7. The molecule has 0 spiro atoms. The Labute approximate surface area is 171 Å². The number of carbonyl (C=O) groups is 1. The van der Waals surface area contributed by atoms with Crippen molar-refractivity contribution >= 4 is 17.9 Å². The van der Waals surface area contributed by atoms with Gasteiger partial charge in [-0.15, -0.1) is 0 Å². The number of aromatic nitrogens is 2. The van der Waals surface area contributed by atoms with Crippen LogP contribution in [0.25, 0.3) is 0 Å². The Kier molecular flexibility index (Phi) is 7.49. The lowest BCUT2D eigenvalue weighted by molar-refractivity contribution is 0.0983. The van der Waals surface area contributed by atoms with E-state index in [1.807, 2.05) is 31.2 Å². The van der Waals surface area contributed by atoms with E-state index in [0.29, 0.717) is 25.6 Å². The summed E-state index contributed by atoms with van der Waals surface area (Å²) < 4.78 is 10.3. The highest BCUT2D eigenvalue weighted by atomic mass is 16.6. The first kappa shape index (κ1) is 20.7. The highest BCUT2D eigenvalue weighted by Gasteiger charge is 2.23. The SMILES string of the molecule is CCOC(=O)N1CCC(Nc2nccc(NCCc3cccc(OC)c3)n2)CC1. The van der Waals surface area contributed by atoms with Gasteiger partial charge in [-0.3, -0.25) is 0 Å². The summed E-state index contributed by atoms with van der Waals surface area (Å²) in [5, 5.41) is 6.72. The van der Waals surface area contributed by atoms with Gasteiger partial charge in [0.05, 0.1) is 13.7 Å². The second-order valence-electron chi connectivity index (χ2n) is 6.90. The van der Waals surface area contributed by atoms with Crippen LogP contribution in [-0.4, -0.2) is 60.4 Å². The predicted molar refractivity (Wildman–Crippen MR) is 112 cm³/mol. The molecule has 0 saturated carbocycles. The van der Waals surface area contributed by atoms with Gasteiger partial charge < -0.3 is 25.0 Å². The lowest BCUT2D eigenvalue weighted by atomic mass is 10.1. The Morgan fingerprint density at radius 3 is 2.86 bits per heavy atom. The van der Waals surface area contributed by atoms with E-state index in [2.05, 4.69) is 26.7 Å². The first-order chi connectivity index (χ1) is 14.2. The van der Waals surface area contributed by atoms with E-state index in [4.69, 9.17) is 9.47 Å². The molecule has 1 amide bonds. The number of benzene rings is 1. The van der Waals surface area contributed by atoms with E-state index in [9.17, 15) is 4.79 Å². The number of amides is 1. The number of nitrogens with zero attached hydrogens (tertiary/aromatic N) is 3. The third-order valence-corrected chi connectivity index (χ3v) is 4.86. The van der Waals surface area contributed by atoms with Gasteiger partial charge in [-0.1, -0.05) is 12.1 Å². The average molecular weight is 399 g/mol.